The van der Waals surface area contributed by atoms with Crippen molar-refractivity contribution in [3.05, 3.63) is 79.3 Å². The average molecular weight is 565 g/mol. The van der Waals surface area contributed by atoms with Crippen molar-refractivity contribution in [2.75, 3.05) is 32.8 Å². The Balaban J connectivity index is 1.54. The van der Waals surface area contributed by atoms with Crippen LogP contribution in [0.2, 0.25) is 5.02 Å². The number of piperazine rings is 1. The number of halogens is 1. The summed E-state index contributed by atoms with van der Waals surface area (Å²) >= 11 is 5.92. The molecule has 0 bridgehead atoms. The second-order valence-electron chi connectivity index (χ2n) is 8.52. The Labute approximate surface area is 221 Å². The molecule has 200 valence electrons. The van der Waals surface area contributed by atoms with E-state index in [0.717, 1.165) is 29.8 Å². The molecular formula is C23H21ClN4O9S. The zero-order valence-corrected chi connectivity index (χ0v) is 21.2. The normalized spacial score (nSPS) is 14.4. The number of carbonyl (C=O) groups excluding carboxylic acids is 1. The van der Waals surface area contributed by atoms with Gasteiger partial charge in [-0.05, 0) is 35.2 Å². The minimum atomic E-state index is -4.69. The molecule has 1 fully saturated rings. The van der Waals surface area contributed by atoms with Crippen LogP contribution in [-0.2, 0) is 21.5 Å². The number of nitro groups is 2. The highest BCUT2D eigenvalue weighted by atomic mass is 35.5. The van der Waals surface area contributed by atoms with Gasteiger partial charge in [0.25, 0.3) is 16.0 Å². The molecule has 0 atom stereocenters. The summed E-state index contributed by atoms with van der Waals surface area (Å²) in [7, 11) is -4.69. The van der Waals surface area contributed by atoms with E-state index in [4.69, 9.17) is 16.3 Å². The first-order valence-electron chi connectivity index (χ1n) is 11.2. The van der Waals surface area contributed by atoms with E-state index in [1.165, 1.54) is 4.90 Å². The standard InChI is InChI=1S/C23H21ClN4O9S/c24-17-4-1-15(2-5-17)13-25-7-9-26(10-8-25)21(29)14-37-23-19-12-18(38(34,35)36)6-3-16(19)11-20(27(30)31)22(23)28(32)33/h1-6,11-12H,7-10,13-14H2,(H,34,35,36). The molecule has 0 aromatic heterocycles. The van der Waals surface area contributed by atoms with Crippen molar-refractivity contribution in [3.8, 4) is 5.75 Å². The van der Waals surface area contributed by atoms with Crippen LogP contribution in [-0.4, -0.2) is 71.3 Å². The van der Waals surface area contributed by atoms with Crippen LogP contribution in [0.1, 0.15) is 5.56 Å². The van der Waals surface area contributed by atoms with E-state index in [1.807, 2.05) is 12.1 Å². The lowest BCUT2D eigenvalue weighted by Crippen LogP contribution is -2.49. The molecule has 0 unspecified atom stereocenters. The first kappa shape index (κ1) is 27.2. The van der Waals surface area contributed by atoms with Gasteiger partial charge in [0.15, 0.2) is 6.61 Å². The lowest BCUT2D eigenvalue weighted by molar-refractivity contribution is -0.422. The fourth-order valence-electron chi connectivity index (χ4n) is 4.17. The quantitative estimate of drug-likeness (QED) is 0.243. The number of carbonyl (C=O) groups is 1. The van der Waals surface area contributed by atoms with Gasteiger partial charge in [-0.2, -0.15) is 8.42 Å². The third-order valence-corrected chi connectivity index (χ3v) is 7.18. The lowest BCUT2D eigenvalue weighted by Gasteiger charge is -2.34. The molecule has 38 heavy (non-hydrogen) atoms. The number of nitrogens with zero attached hydrogens (tertiary/aromatic N) is 4. The number of hydrogen-bond donors (Lipinski definition) is 1. The third-order valence-electron chi connectivity index (χ3n) is 6.08. The molecule has 1 saturated heterocycles. The Kier molecular flexibility index (Phi) is 7.78. The Morgan fingerprint density at radius 3 is 2.24 bits per heavy atom. The summed E-state index contributed by atoms with van der Waals surface area (Å²) in [5, 5.41) is 23.8. The van der Waals surface area contributed by atoms with Gasteiger partial charge in [0.2, 0.25) is 5.75 Å². The maximum Gasteiger partial charge on any atom is 0.388 e. The summed E-state index contributed by atoms with van der Waals surface area (Å²) in [5.41, 5.74) is -0.859. The van der Waals surface area contributed by atoms with Crippen molar-refractivity contribution in [1.29, 1.82) is 0 Å². The van der Waals surface area contributed by atoms with E-state index in [0.29, 0.717) is 37.7 Å². The van der Waals surface area contributed by atoms with Gasteiger partial charge in [0.1, 0.15) is 0 Å². The predicted octanol–water partition coefficient (Wildman–Crippen LogP) is 3.28. The van der Waals surface area contributed by atoms with Gasteiger partial charge in [0, 0.05) is 49.2 Å². The summed E-state index contributed by atoms with van der Waals surface area (Å²) < 4.78 is 38.1. The molecule has 0 aliphatic carbocycles. The molecule has 0 spiro atoms. The number of fused-ring (bicyclic) bond motifs is 1. The molecule has 1 aliphatic heterocycles. The van der Waals surface area contributed by atoms with E-state index in [9.17, 15) is 38.0 Å². The third kappa shape index (κ3) is 5.99. The Hall–Kier alpha value is -3.85. The smallest absolute Gasteiger partial charge is 0.388 e. The minimum Gasteiger partial charge on any atom is -0.476 e. The van der Waals surface area contributed by atoms with E-state index >= 15 is 0 Å². The molecule has 1 aliphatic rings. The molecule has 0 radical (unpaired) electrons. The minimum absolute atomic E-state index is 0.0490. The highest BCUT2D eigenvalue weighted by Crippen LogP contribution is 2.43. The summed E-state index contributed by atoms with van der Waals surface area (Å²) in [5.74, 6) is -1.14. The van der Waals surface area contributed by atoms with Crippen molar-refractivity contribution >= 4 is 49.8 Å². The van der Waals surface area contributed by atoms with E-state index in [-0.39, 0.29) is 10.8 Å². The van der Waals surface area contributed by atoms with Crippen LogP contribution >= 0.6 is 11.6 Å². The molecular weight excluding hydrogens is 544 g/mol. The first-order valence-corrected chi connectivity index (χ1v) is 13.0. The fourth-order valence-corrected chi connectivity index (χ4v) is 4.80. The molecule has 3 aromatic carbocycles. The van der Waals surface area contributed by atoms with Crippen LogP contribution in [0.4, 0.5) is 11.4 Å². The Morgan fingerprint density at radius 2 is 1.66 bits per heavy atom. The molecule has 13 nitrogen and oxygen atoms in total. The molecule has 4 rings (SSSR count). The number of hydrogen-bond acceptors (Lipinski definition) is 9. The second kappa shape index (κ2) is 10.9. The van der Waals surface area contributed by atoms with Crippen LogP contribution in [0.5, 0.6) is 5.75 Å². The van der Waals surface area contributed by atoms with Gasteiger partial charge in [-0.3, -0.25) is 34.5 Å². The maximum absolute atomic E-state index is 12.9. The van der Waals surface area contributed by atoms with Crippen molar-refractivity contribution in [2.24, 2.45) is 0 Å². The highest BCUT2D eigenvalue weighted by molar-refractivity contribution is 7.85. The van der Waals surface area contributed by atoms with Crippen LogP contribution < -0.4 is 4.74 Å². The van der Waals surface area contributed by atoms with E-state index in [2.05, 4.69) is 4.90 Å². The highest BCUT2D eigenvalue weighted by Gasteiger charge is 2.34. The molecule has 1 heterocycles. The van der Waals surface area contributed by atoms with Gasteiger partial charge < -0.3 is 9.64 Å². The fraction of sp³-hybridized carbons (Fsp3) is 0.261. The average Bonchev–Trinajstić information content (AvgIpc) is 2.87. The van der Waals surface area contributed by atoms with E-state index < -0.39 is 54.5 Å². The molecule has 3 aromatic rings. The Bertz CT molecular complexity index is 1520. The molecule has 1 N–H and O–H groups in total. The van der Waals surface area contributed by atoms with Gasteiger partial charge in [0.05, 0.1) is 14.7 Å². The van der Waals surface area contributed by atoms with Crippen molar-refractivity contribution in [3.63, 3.8) is 0 Å². The lowest BCUT2D eigenvalue weighted by atomic mass is 10.1. The van der Waals surface area contributed by atoms with Gasteiger partial charge in [-0.15, -0.1) is 0 Å². The maximum atomic E-state index is 12.9. The number of ether oxygens (including phenoxy) is 1. The monoisotopic (exact) mass is 564 g/mol. The van der Waals surface area contributed by atoms with Crippen LogP contribution in [0.3, 0.4) is 0 Å². The zero-order chi connectivity index (χ0) is 27.6. The predicted molar refractivity (Wildman–Crippen MR) is 136 cm³/mol. The number of nitro benzene ring substituents is 2. The summed E-state index contributed by atoms with van der Waals surface area (Å²) in [6, 6.07) is 11.4. The number of benzene rings is 3. The first-order chi connectivity index (χ1) is 17.9. The zero-order valence-electron chi connectivity index (χ0n) is 19.6. The van der Waals surface area contributed by atoms with Crippen LogP contribution in [0.25, 0.3) is 10.8 Å². The van der Waals surface area contributed by atoms with Crippen LogP contribution in [0.15, 0.2) is 53.4 Å². The second-order valence-corrected chi connectivity index (χ2v) is 10.4. The molecule has 1 amide bonds. The summed E-state index contributed by atoms with van der Waals surface area (Å²) in [4.78, 5) is 37.2. The molecule has 0 saturated carbocycles. The SMILES string of the molecule is O=C(COc1c([N+](=O)[O-])c([N+](=O)[O-])cc2ccc(S(=O)(=O)O)cc12)N1CCN(Cc2ccc(Cl)cc2)CC1. The van der Waals surface area contributed by atoms with Gasteiger partial charge in [-0.25, -0.2) is 0 Å². The largest absolute Gasteiger partial charge is 0.476 e. The summed E-state index contributed by atoms with van der Waals surface area (Å²) in [6.45, 7) is 1.83. The number of amides is 1. The van der Waals surface area contributed by atoms with Gasteiger partial charge in [-0.1, -0.05) is 29.8 Å². The van der Waals surface area contributed by atoms with Crippen LogP contribution in [0, 0.1) is 20.2 Å². The van der Waals surface area contributed by atoms with Crippen molar-refractivity contribution in [2.45, 2.75) is 11.4 Å². The number of rotatable bonds is 8. The van der Waals surface area contributed by atoms with Gasteiger partial charge >= 0.3 is 11.4 Å². The van der Waals surface area contributed by atoms with E-state index in [1.54, 1.807) is 12.1 Å². The molecule has 15 heteroatoms. The Morgan fingerprint density at radius 1 is 1.00 bits per heavy atom. The topological polar surface area (TPSA) is 173 Å². The van der Waals surface area contributed by atoms with Crippen molar-refractivity contribution in [1.82, 2.24) is 9.80 Å². The summed E-state index contributed by atoms with van der Waals surface area (Å²) in [6.07, 6.45) is 0. The van der Waals surface area contributed by atoms with Crippen molar-refractivity contribution < 1.29 is 32.3 Å².